The van der Waals surface area contributed by atoms with Crippen LogP contribution in [0.3, 0.4) is 0 Å². The van der Waals surface area contributed by atoms with E-state index in [1.165, 1.54) is 72.3 Å². The van der Waals surface area contributed by atoms with Gasteiger partial charge in [0.25, 0.3) is 0 Å². The largest absolute Gasteiger partial charge is 0.412 e. The Balaban J connectivity index is 0.000000249. The Bertz CT molecular complexity index is 745. The van der Waals surface area contributed by atoms with Crippen LogP contribution in [0.1, 0.15) is 74.6 Å². The molecule has 0 atom stereocenters. The van der Waals surface area contributed by atoms with Crippen molar-refractivity contribution < 1.29 is 10.3 Å². The summed E-state index contributed by atoms with van der Waals surface area (Å²) in [5, 5.41) is 0. The average Bonchev–Trinajstić information content (AvgIpc) is 2.83. The van der Waals surface area contributed by atoms with Crippen molar-refractivity contribution in [1.29, 1.82) is 0 Å². The lowest BCUT2D eigenvalue weighted by Crippen LogP contribution is -2.17. The van der Waals surface area contributed by atoms with Crippen molar-refractivity contribution in [2.45, 2.75) is 75.5 Å². The minimum Gasteiger partial charge on any atom is -0.412 e. The number of carbonyl (C=O) groups is 1. The zero-order chi connectivity index (χ0) is 22.5. The van der Waals surface area contributed by atoms with E-state index in [0.29, 0.717) is 5.56 Å². The summed E-state index contributed by atoms with van der Waals surface area (Å²) < 4.78 is 3.27. The van der Waals surface area contributed by atoms with Crippen LogP contribution in [-0.2, 0) is 0 Å². The number of aldehydes is 1. The highest BCUT2D eigenvalue weighted by molar-refractivity contribution is 14.1. The summed E-state index contributed by atoms with van der Waals surface area (Å²) in [6, 6.07) is 15.4. The van der Waals surface area contributed by atoms with Crippen LogP contribution in [0, 0.1) is 3.57 Å². The first-order chi connectivity index (χ1) is 15.0. The van der Waals surface area contributed by atoms with E-state index in [4.69, 9.17) is 11.2 Å². The molecular weight excluding hydrogens is 685 g/mol. The third kappa shape index (κ3) is 11.3. The van der Waals surface area contributed by atoms with Gasteiger partial charge in [0.05, 0.1) is 0 Å². The predicted molar refractivity (Wildman–Crippen MR) is 157 cm³/mol. The molecule has 2 aliphatic carbocycles. The van der Waals surface area contributed by atoms with Crippen LogP contribution < -0.4 is 0 Å². The smallest absolute Gasteiger partial charge is 0.151 e. The molecule has 0 radical (unpaired) electrons. The van der Waals surface area contributed by atoms with Crippen molar-refractivity contribution in [2.24, 2.45) is 0 Å². The van der Waals surface area contributed by atoms with Gasteiger partial charge >= 0.3 is 0 Å². The molecule has 2 nitrogen and oxygen atoms in total. The van der Waals surface area contributed by atoms with E-state index in [1.54, 1.807) is 6.07 Å². The van der Waals surface area contributed by atoms with Crippen molar-refractivity contribution in [3.05, 3.63) is 66.6 Å². The third-order valence-electron chi connectivity index (χ3n) is 5.70. The molecule has 0 amide bonds. The van der Waals surface area contributed by atoms with E-state index in [-0.39, 0.29) is 12.8 Å². The van der Waals surface area contributed by atoms with Gasteiger partial charge in [-0.2, -0.15) is 0 Å². The van der Waals surface area contributed by atoms with Crippen LogP contribution in [0.25, 0.3) is 0 Å². The van der Waals surface area contributed by atoms with E-state index in [9.17, 15) is 4.79 Å². The maximum Gasteiger partial charge on any atom is 0.151 e. The monoisotopic (exact) mass is 716 g/mol. The molecule has 0 unspecified atom stereocenters. The van der Waals surface area contributed by atoms with Gasteiger partial charge in [-0.3, -0.25) is 4.79 Å². The first-order valence-corrected chi connectivity index (χ1v) is 16.1. The van der Waals surface area contributed by atoms with Crippen LogP contribution in [0.15, 0.2) is 57.5 Å². The molecule has 7 heteroatoms. The highest BCUT2D eigenvalue weighted by atomic mass is 127. The summed E-state index contributed by atoms with van der Waals surface area (Å²) in [5.74, 6) is 0. The second kappa shape index (κ2) is 17.8. The second-order valence-electron chi connectivity index (χ2n) is 7.98. The lowest BCUT2D eigenvalue weighted by molar-refractivity contribution is 0.112. The van der Waals surface area contributed by atoms with Crippen molar-refractivity contribution in [3.8, 4) is 0 Å². The van der Waals surface area contributed by atoms with E-state index < -0.39 is 0 Å². The van der Waals surface area contributed by atoms with Gasteiger partial charge in [0, 0.05) is 18.1 Å². The fourth-order valence-corrected chi connectivity index (χ4v) is 8.50. The van der Waals surface area contributed by atoms with Gasteiger partial charge in [0.2, 0.25) is 0 Å². The first-order valence-electron chi connectivity index (χ1n) is 11.1. The maximum absolute atomic E-state index is 10.2. The molecule has 178 valence electrons. The van der Waals surface area contributed by atoms with E-state index >= 15 is 0 Å². The average molecular weight is 719 g/mol. The first kappa shape index (κ1) is 30.5. The molecular formula is C25H33Br2ClIO2P. The Kier molecular flexibility index (Phi) is 17.0. The summed E-state index contributed by atoms with van der Waals surface area (Å²) >= 11 is 15.6. The number of halogens is 4. The van der Waals surface area contributed by atoms with Gasteiger partial charge in [-0.25, -0.2) is 0 Å². The molecule has 2 saturated carbocycles. The maximum atomic E-state index is 10.2. The van der Waals surface area contributed by atoms with Crippen molar-refractivity contribution in [3.63, 3.8) is 0 Å². The van der Waals surface area contributed by atoms with Crippen LogP contribution >= 0.6 is 73.0 Å². The van der Waals surface area contributed by atoms with Crippen LogP contribution in [0.2, 0.25) is 0 Å². The summed E-state index contributed by atoms with van der Waals surface area (Å²) in [7, 11) is -0.145. The Hall–Kier alpha value is 0.480. The molecule has 0 saturated heterocycles. The van der Waals surface area contributed by atoms with Gasteiger partial charge in [-0.05, 0) is 101 Å². The number of rotatable bonds is 3. The molecule has 4 rings (SSSR count). The van der Waals surface area contributed by atoms with Gasteiger partial charge < -0.3 is 5.48 Å². The third-order valence-corrected chi connectivity index (χ3v) is 12.9. The van der Waals surface area contributed by atoms with Crippen LogP contribution in [0.5, 0.6) is 0 Å². The fraction of sp³-hybridized carbons (Fsp3) is 0.480. The molecule has 0 spiro atoms. The molecule has 0 aliphatic heterocycles. The molecule has 0 heterocycles. The number of benzene rings is 2. The Morgan fingerprint density at radius 2 is 1.22 bits per heavy atom. The molecule has 2 fully saturated rings. The normalized spacial score (nSPS) is 16.7. The van der Waals surface area contributed by atoms with Gasteiger partial charge in [-0.1, -0.05) is 96.0 Å². The quantitative estimate of drug-likeness (QED) is 0.177. The summed E-state index contributed by atoms with van der Waals surface area (Å²) in [6.45, 7) is 0. The lowest BCUT2D eigenvalue weighted by atomic mass is 10.00. The van der Waals surface area contributed by atoms with Gasteiger partial charge in [0.15, 0.2) is 6.29 Å². The highest BCUT2D eigenvalue weighted by Crippen LogP contribution is 2.59. The molecule has 2 N–H and O–H groups in total. The minimum absolute atomic E-state index is 0. The Morgan fingerprint density at radius 3 is 1.56 bits per heavy atom. The van der Waals surface area contributed by atoms with Crippen molar-refractivity contribution in [2.75, 3.05) is 0 Å². The van der Waals surface area contributed by atoms with E-state index in [2.05, 4.69) is 60.5 Å². The van der Waals surface area contributed by atoms with Crippen molar-refractivity contribution in [1.82, 2.24) is 0 Å². The molecule has 2 aromatic rings. The Morgan fingerprint density at radius 1 is 0.781 bits per heavy atom. The van der Waals surface area contributed by atoms with Crippen LogP contribution in [0.4, 0.5) is 0 Å². The number of carbonyl (C=O) groups excluding carboxylic acids is 1. The van der Waals surface area contributed by atoms with E-state index in [1.807, 2.05) is 36.4 Å². The van der Waals surface area contributed by atoms with Crippen molar-refractivity contribution >= 4 is 79.3 Å². The summed E-state index contributed by atoms with van der Waals surface area (Å²) in [5.41, 5.74) is 2.53. The molecule has 2 aliphatic rings. The predicted octanol–water partition coefficient (Wildman–Crippen LogP) is 9.78. The minimum atomic E-state index is -0.145. The zero-order valence-corrected chi connectivity index (χ0v) is 25.3. The molecule has 2 aromatic carbocycles. The zero-order valence-electron chi connectivity index (χ0n) is 18.3. The number of hydrogen-bond donors (Lipinski definition) is 0. The van der Waals surface area contributed by atoms with Crippen LogP contribution in [-0.4, -0.2) is 23.1 Å². The Labute approximate surface area is 229 Å². The second-order valence-corrected chi connectivity index (χ2v) is 14.2. The summed E-state index contributed by atoms with van der Waals surface area (Å²) in [6.07, 6.45) is 15.3. The lowest BCUT2D eigenvalue weighted by Gasteiger charge is -2.33. The summed E-state index contributed by atoms with van der Waals surface area (Å²) in [4.78, 5) is 10.2. The van der Waals surface area contributed by atoms with E-state index in [0.717, 1.165) is 22.1 Å². The van der Waals surface area contributed by atoms with Gasteiger partial charge in [-0.15, -0.1) is 0 Å². The molecule has 0 aromatic heterocycles. The highest BCUT2D eigenvalue weighted by Gasteiger charge is 2.29. The number of hydrogen-bond acceptors (Lipinski definition) is 1. The van der Waals surface area contributed by atoms with Gasteiger partial charge in [0.1, 0.15) is 0 Å². The molecule has 0 bridgehead atoms. The standard InChI is InChI=1S/C12H22ClP.C7H5BrO.C6H4BrI.H2O/c13-14(11-7-3-1-4-8-11)12-9-5-2-6-10-12;8-7-4-2-1-3-6(7)5-9;7-5-3-1-2-4-6(5)8;/h11-12H,1-10H2;1-5H;1-4H;1H2. The topological polar surface area (TPSA) is 48.6 Å². The SMILES string of the molecule is Brc1ccccc1I.ClP(C1CCCCC1)C1CCCCC1.O.O=Cc1ccccc1Br. The molecule has 32 heavy (non-hydrogen) atoms. The fourth-order valence-electron chi connectivity index (χ4n) is 3.96.